The van der Waals surface area contributed by atoms with Crippen molar-refractivity contribution in [3.05, 3.63) is 81.5 Å². The van der Waals surface area contributed by atoms with E-state index in [0.717, 1.165) is 51.4 Å². The summed E-state index contributed by atoms with van der Waals surface area (Å²) in [6.45, 7) is 12.1. The van der Waals surface area contributed by atoms with Gasteiger partial charge < -0.3 is 39.8 Å². The van der Waals surface area contributed by atoms with Crippen LogP contribution in [0.2, 0.25) is 0 Å². The third-order valence-corrected chi connectivity index (χ3v) is 11.0. The zero-order valence-electron chi connectivity index (χ0n) is 29.3. The molecule has 1 atom stereocenters. The molecule has 1 amide bonds. The second kappa shape index (κ2) is 12.3. The normalized spacial score (nSPS) is 20.5. The number of carbonyl (C=O) groups excluding carboxylic acids is 1. The molecule has 5 heterocycles. The summed E-state index contributed by atoms with van der Waals surface area (Å²) in [5.41, 5.74) is 14.4. The number of carbonyl (C=O) groups is 1. The van der Waals surface area contributed by atoms with Crippen molar-refractivity contribution in [1.82, 2.24) is 19.0 Å². The zero-order chi connectivity index (χ0) is 34.9. The van der Waals surface area contributed by atoms with Crippen LogP contribution in [0.3, 0.4) is 0 Å². The summed E-state index contributed by atoms with van der Waals surface area (Å²) < 4.78 is 9.06. The molecule has 0 bridgehead atoms. The summed E-state index contributed by atoms with van der Waals surface area (Å²) in [6, 6.07) is 14.2. The molecule has 3 aliphatic heterocycles. The molecule has 4 N–H and O–H groups in total. The number of hydrogen-bond donors (Lipinski definition) is 3. The van der Waals surface area contributed by atoms with Crippen LogP contribution in [-0.2, 0) is 37.8 Å². The van der Waals surface area contributed by atoms with Gasteiger partial charge in [-0.1, -0.05) is 26.0 Å². The highest BCUT2D eigenvalue weighted by Crippen LogP contribution is 2.40. The van der Waals surface area contributed by atoms with Crippen LogP contribution in [0.5, 0.6) is 0 Å². The number of piperazine rings is 1. The van der Waals surface area contributed by atoms with E-state index in [4.69, 9.17) is 15.5 Å². The molecule has 2 saturated heterocycles. The Morgan fingerprint density at radius 1 is 1.04 bits per heavy atom. The van der Waals surface area contributed by atoms with Crippen LogP contribution in [0.4, 0.5) is 28.6 Å². The smallest absolute Gasteiger partial charge is 0.293 e. The molecule has 4 aromatic rings. The number of ether oxygens (including phenoxy) is 1. The second-order valence-corrected chi connectivity index (χ2v) is 15.1. The first kappa shape index (κ1) is 32.5. The molecule has 12 nitrogen and oxygen atoms in total. The summed E-state index contributed by atoms with van der Waals surface area (Å²) >= 11 is 0. The van der Waals surface area contributed by atoms with Crippen LogP contribution in [0.1, 0.15) is 48.1 Å². The molecule has 2 fully saturated rings. The first-order valence-electron chi connectivity index (χ1n) is 17.6. The lowest BCUT2D eigenvalue weighted by Crippen LogP contribution is -2.59. The molecule has 0 unspecified atom stereocenters. The predicted molar refractivity (Wildman–Crippen MR) is 195 cm³/mol. The van der Waals surface area contributed by atoms with Gasteiger partial charge in [-0.3, -0.25) is 14.5 Å². The Morgan fingerprint density at radius 3 is 2.58 bits per heavy atom. The molecule has 2 aromatic heterocycles. The summed E-state index contributed by atoms with van der Waals surface area (Å²) in [5.74, 6) is 0.0665. The number of aliphatic hydroxyl groups is 1. The topological polar surface area (TPSA) is 134 Å². The van der Waals surface area contributed by atoms with E-state index in [1.807, 2.05) is 36.4 Å². The molecule has 1 aliphatic carbocycles. The maximum absolute atomic E-state index is 13.9. The van der Waals surface area contributed by atoms with Crippen LogP contribution < -0.4 is 26.4 Å². The number of amides is 1. The lowest BCUT2D eigenvalue weighted by atomic mass is 9.90. The number of rotatable bonds is 7. The van der Waals surface area contributed by atoms with Crippen LogP contribution in [0.15, 0.2) is 53.5 Å². The fourth-order valence-electron chi connectivity index (χ4n) is 8.33. The molecule has 2 aromatic carbocycles. The third kappa shape index (κ3) is 5.55. The number of anilines is 5. The van der Waals surface area contributed by atoms with Gasteiger partial charge in [-0.05, 0) is 61.1 Å². The highest BCUT2D eigenvalue weighted by atomic mass is 16.5. The molecule has 0 saturated carbocycles. The Kier molecular flexibility index (Phi) is 8.00. The van der Waals surface area contributed by atoms with Crippen molar-refractivity contribution >= 4 is 34.5 Å². The van der Waals surface area contributed by atoms with Crippen LogP contribution in [0, 0.1) is 5.41 Å². The quantitative estimate of drug-likeness (QED) is 0.250. The molecule has 50 heavy (non-hydrogen) atoms. The summed E-state index contributed by atoms with van der Waals surface area (Å²) in [5, 5.41) is 13.9. The number of aryl methyl sites for hydroxylation is 1. The molecule has 0 radical (unpaired) electrons. The largest absolute Gasteiger partial charge is 0.397 e. The van der Waals surface area contributed by atoms with Crippen LogP contribution in [-0.4, -0.2) is 81.5 Å². The van der Waals surface area contributed by atoms with Crippen molar-refractivity contribution in [3.63, 3.8) is 0 Å². The standard InChI is InChI=1S/C38H46N8O4/c1-23-18-43(26-21-50-22-26)10-11-44(23)32-9-8-25(15-29(32)39)40-35-37(49)42(4)19-30(41-35)27-6-5-7-31(28(27)20-47)46-13-12-45-33(36(46)48)14-24-16-38(2,3)17-34(24)45/h5-9,14-15,19,23,26,47H,10-13,16-18,20-22,39H2,1-4H3,(H,40,41)/t23-/m0/s1. The summed E-state index contributed by atoms with van der Waals surface area (Å²) in [6.07, 6.45) is 3.59. The highest BCUT2D eigenvalue weighted by molar-refractivity contribution is 6.07. The maximum Gasteiger partial charge on any atom is 0.293 e. The average Bonchev–Trinajstić information content (AvgIpc) is 3.55. The third-order valence-electron chi connectivity index (χ3n) is 11.0. The second-order valence-electron chi connectivity index (χ2n) is 15.1. The van der Waals surface area contributed by atoms with Gasteiger partial charge in [-0.25, -0.2) is 4.98 Å². The van der Waals surface area contributed by atoms with Crippen LogP contribution in [0.25, 0.3) is 11.3 Å². The van der Waals surface area contributed by atoms with Gasteiger partial charge >= 0.3 is 0 Å². The van der Waals surface area contributed by atoms with Crippen LogP contribution >= 0.6 is 0 Å². The Balaban J connectivity index is 1.05. The van der Waals surface area contributed by atoms with E-state index in [9.17, 15) is 14.7 Å². The SMILES string of the molecule is C[C@H]1CN(C2COC2)CCN1c1ccc(Nc2nc(-c3cccc(N4CCn5c(cc6c5CC(C)(C)C6)C4=O)c3CO)cn(C)c2=O)cc1N. The summed E-state index contributed by atoms with van der Waals surface area (Å²) in [7, 11) is 1.68. The van der Waals surface area contributed by atoms with E-state index < -0.39 is 0 Å². The van der Waals surface area contributed by atoms with Gasteiger partial charge in [0.15, 0.2) is 5.82 Å². The van der Waals surface area contributed by atoms with E-state index in [-0.39, 0.29) is 29.3 Å². The number of aromatic nitrogens is 3. The number of aliphatic hydroxyl groups excluding tert-OH is 1. The van der Waals surface area contributed by atoms with Gasteiger partial charge in [0.1, 0.15) is 5.69 Å². The van der Waals surface area contributed by atoms with E-state index in [1.165, 1.54) is 15.8 Å². The fourth-order valence-corrected chi connectivity index (χ4v) is 8.33. The Bertz CT molecular complexity index is 2050. The lowest BCUT2D eigenvalue weighted by Gasteiger charge is -2.46. The number of benzene rings is 2. The molecule has 4 aliphatic rings. The highest BCUT2D eigenvalue weighted by Gasteiger charge is 2.37. The van der Waals surface area contributed by atoms with Crippen molar-refractivity contribution in [2.24, 2.45) is 12.5 Å². The molecule has 262 valence electrons. The van der Waals surface area contributed by atoms with Gasteiger partial charge in [0, 0.05) is 74.5 Å². The molecular formula is C38H46N8O4. The Labute approximate surface area is 292 Å². The van der Waals surface area contributed by atoms with Gasteiger partial charge in [-0.2, -0.15) is 0 Å². The fraction of sp³-hybridized carbons (Fsp3) is 0.447. The van der Waals surface area contributed by atoms with Crippen molar-refractivity contribution in [3.8, 4) is 11.3 Å². The van der Waals surface area contributed by atoms with E-state index in [2.05, 4.69) is 46.5 Å². The first-order chi connectivity index (χ1) is 24.0. The molecular weight excluding hydrogens is 632 g/mol. The number of hydrogen-bond acceptors (Lipinski definition) is 9. The van der Waals surface area contributed by atoms with E-state index >= 15 is 0 Å². The minimum atomic E-state index is -0.300. The first-order valence-corrected chi connectivity index (χ1v) is 17.6. The number of fused-ring (bicyclic) bond motifs is 3. The summed E-state index contributed by atoms with van der Waals surface area (Å²) in [4.78, 5) is 38.6. The van der Waals surface area contributed by atoms with Gasteiger partial charge in [-0.15, -0.1) is 0 Å². The number of nitrogen functional groups attached to an aromatic ring is 1. The van der Waals surface area contributed by atoms with Gasteiger partial charge in [0.2, 0.25) is 0 Å². The van der Waals surface area contributed by atoms with E-state index in [0.29, 0.717) is 64.8 Å². The minimum Gasteiger partial charge on any atom is -0.397 e. The average molecular weight is 679 g/mol. The Morgan fingerprint density at radius 2 is 1.86 bits per heavy atom. The molecule has 12 heteroatoms. The zero-order valence-corrected chi connectivity index (χ0v) is 29.3. The van der Waals surface area contributed by atoms with Crippen molar-refractivity contribution in [2.75, 3.05) is 60.2 Å². The number of nitrogens with zero attached hydrogens (tertiary/aromatic N) is 6. The maximum atomic E-state index is 13.9. The van der Waals surface area contributed by atoms with Crippen molar-refractivity contribution in [2.45, 2.75) is 58.8 Å². The molecule has 0 spiro atoms. The Hall–Kier alpha value is -4.65. The lowest BCUT2D eigenvalue weighted by molar-refractivity contribution is -0.0691. The predicted octanol–water partition coefficient (Wildman–Crippen LogP) is 3.76. The number of nitrogens with one attached hydrogen (secondary N) is 1. The monoisotopic (exact) mass is 678 g/mol. The number of nitrogens with two attached hydrogens (primary N) is 1. The molecule has 8 rings (SSSR count). The minimum absolute atomic E-state index is 0.0728. The van der Waals surface area contributed by atoms with Crippen molar-refractivity contribution < 1.29 is 14.6 Å². The van der Waals surface area contributed by atoms with Gasteiger partial charge in [0.05, 0.1) is 48.6 Å². The van der Waals surface area contributed by atoms with Gasteiger partial charge in [0.25, 0.3) is 11.5 Å². The van der Waals surface area contributed by atoms with Crippen molar-refractivity contribution in [1.29, 1.82) is 0 Å². The van der Waals surface area contributed by atoms with E-state index in [1.54, 1.807) is 18.1 Å².